The third-order valence-corrected chi connectivity index (χ3v) is 4.17. The first-order chi connectivity index (χ1) is 13.5. The number of rotatable bonds is 4. The first kappa shape index (κ1) is 19.5. The zero-order chi connectivity index (χ0) is 20.1. The number of hydrogen-bond donors (Lipinski definition) is 1. The normalized spacial score (nSPS) is 13.4. The predicted molar refractivity (Wildman–Crippen MR) is 101 cm³/mol. The van der Waals surface area contributed by atoms with Crippen molar-refractivity contribution in [2.45, 2.75) is 20.5 Å². The summed E-state index contributed by atoms with van der Waals surface area (Å²) in [6.07, 6.45) is 6.41. The molecular weight excluding hydrogens is 364 g/mol. The lowest BCUT2D eigenvalue weighted by atomic mass is 10.1. The molecule has 3 rings (SSSR count). The topological polar surface area (TPSA) is 58.5 Å². The number of allylic oxidation sites excluding steroid dienone is 2. The van der Waals surface area contributed by atoms with E-state index >= 15 is 0 Å². The van der Waals surface area contributed by atoms with Gasteiger partial charge >= 0.3 is 0 Å². The third-order valence-electron chi connectivity index (χ3n) is 4.17. The van der Waals surface area contributed by atoms with E-state index in [0.717, 1.165) is 29.2 Å². The molecule has 1 aliphatic heterocycles. The summed E-state index contributed by atoms with van der Waals surface area (Å²) in [7, 11) is 0. The fourth-order valence-corrected chi connectivity index (χ4v) is 2.76. The molecule has 0 amide bonds. The van der Waals surface area contributed by atoms with E-state index in [-0.39, 0.29) is 18.9 Å². The highest BCUT2D eigenvalue weighted by Crippen LogP contribution is 2.27. The predicted octanol–water partition coefficient (Wildman–Crippen LogP) is 3.23. The minimum absolute atomic E-state index is 0.0489. The molecule has 0 saturated heterocycles. The zero-order valence-electron chi connectivity index (χ0n) is 15.5. The molecule has 1 aliphatic rings. The van der Waals surface area contributed by atoms with Gasteiger partial charge in [-0.3, -0.25) is 4.98 Å². The maximum absolute atomic E-state index is 13.7. The van der Waals surface area contributed by atoms with Gasteiger partial charge in [0.2, 0.25) is 0 Å². The second-order valence-electron chi connectivity index (χ2n) is 6.19. The smallest absolute Gasteiger partial charge is 0.151 e. The standard InChI is InChI=1S/C21H19F2N3O2/c1-14-11-24-17(4-3-7-27)10-21(14)26-6-5-18(8-15(26)2)28-13-20-19(23)9-16(22)12-25-20/h5,8-12,27H,6-7,13H2,1-2H3. The molecule has 0 aromatic carbocycles. The number of aromatic nitrogens is 2. The Bertz CT molecular complexity index is 1010. The first-order valence-corrected chi connectivity index (χ1v) is 8.63. The van der Waals surface area contributed by atoms with Gasteiger partial charge in [-0.25, -0.2) is 13.8 Å². The molecule has 0 aliphatic carbocycles. The molecule has 28 heavy (non-hydrogen) atoms. The van der Waals surface area contributed by atoms with Crippen LogP contribution in [0.25, 0.3) is 0 Å². The van der Waals surface area contributed by atoms with E-state index in [0.29, 0.717) is 18.0 Å². The molecule has 0 spiro atoms. The van der Waals surface area contributed by atoms with Gasteiger partial charge in [0.05, 0.1) is 6.20 Å². The van der Waals surface area contributed by atoms with Gasteiger partial charge in [-0.1, -0.05) is 5.92 Å². The number of hydrogen-bond acceptors (Lipinski definition) is 5. The summed E-state index contributed by atoms with van der Waals surface area (Å²) in [5.41, 5.74) is 3.49. The molecule has 0 bridgehead atoms. The van der Waals surface area contributed by atoms with Gasteiger partial charge in [-0.05, 0) is 43.5 Å². The number of anilines is 1. The largest absolute Gasteiger partial charge is 0.487 e. The van der Waals surface area contributed by atoms with Crippen LogP contribution in [0.4, 0.5) is 14.5 Å². The Morgan fingerprint density at radius 2 is 2.04 bits per heavy atom. The maximum Gasteiger partial charge on any atom is 0.151 e. The van der Waals surface area contributed by atoms with Crippen molar-refractivity contribution < 1.29 is 18.6 Å². The van der Waals surface area contributed by atoms with Crippen molar-refractivity contribution in [3.05, 3.63) is 76.7 Å². The molecule has 2 aromatic heterocycles. The van der Waals surface area contributed by atoms with E-state index in [1.165, 1.54) is 0 Å². The highest BCUT2D eigenvalue weighted by atomic mass is 19.1. The Hall–Kier alpha value is -3.24. The van der Waals surface area contributed by atoms with Crippen LogP contribution in [-0.2, 0) is 11.3 Å². The van der Waals surface area contributed by atoms with E-state index in [1.807, 2.05) is 32.1 Å². The van der Waals surface area contributed by atoms with Crippen molar-refractivity contribution in [2.24, 2.45) is 0 Å². The average Bonchev–Trinajstić information content (AvgIpc) is 2.67. The van der Waals surface area contributed by atoms with Crippen LogP contribution in [0.2, 0.25) is 0 Å². The second-order valence-corrected chi connectivity index (χ2v) is 6.19. The van der Waals surface area contributed by atoms with E-state index in [9.17, 15) is 8.78 Å². The maximum atomic E-state index is 13.7. The molecule has 5 nitrogen and oxygen atoms in total. The minimum atomic E-state index is -0.734. The fraction of sp³-hybridized carbons (Fsp3) is 0.238. The monoisotopic (exact) mass is 383 g/mol. The summed E-state index contributed by atoms with van der Waals surface area (Å²) in [6, 6.07) is 2.65. The van der Waals surface area contributed by atoms with E-state index < -0.39 is 11.6 Å². The molecule has 1 N–H and O–H groups in total. The van der Waals surface area contributed by atoms with Gasteiger partial charge in [-0.15, -0.1) is 0 Å². The minimum Gasteiger partial charge on any atom is -0.487 e. The van der Waals surface area contributed by atoms with Crippen molar-refractivity contribution in [1.29, 1.82) is 0 Å². The lowest BCUT2D eigenvalue weighted by Gasteiger charge is -2.29. The van der Waals surface area contributed by atoms with E-state index in [2.05, 4.69) is 26.7 Å². The number of nitrogens with zero attached hydrogens (tertiary/aromatic N) is 3. The van der Waals surface area contributed by atoms with Crippen LogP contribution >= 0.6 is 0 Å². The van der Waals surface area contributed by atoms with Crippen LogP contribution in [0.5, 0.6) is 0 Å². The van der Waals surface area contributed by atoms with Crippen molar-refractivity contribution in [2.75, 3.05) is 18.1 Å². The Kier molecular flexibility index (Phi) is 6.02. The van der Waals surface area contributed by atoms with Gasteiger partial charge < -0.3 is 14.7 Å². The molecular formula is C21H19F2N3O2. The van der Waals surface area contributed by atoms with E-state index in [4.69, 9.17) is 9.84 Å². The summed E-state index contributed by atoms with van der Waals surface area (Å²) in [5, 5.41) is 8.85. The Morgan fingerprint density at radius 3 is 2.75 bits per heavy atom. The molecule has 0 saturated carbocycles. The molecule has 2 aromatic rings. The molecule has 7 heteroatoms. The van der Waals surface area contributed by atoms with Crippen LogP contribution in [-0.4, -0.2) is 28.2 Å². The molecule has 0 fully saturated rings. The Balaban J connectivity index is 1.72. The first-order valence-electron chi connectivity index (χ1n) is 8.63. The molecule has 0 atom stereocenters. The van der Waals surface area contributed by atoms with Crippen LogP contribution in [0.1, 0.15) is 23.9 Å². The van der Waals surface area contributed by atoms with Crippen molar-refractivity contribution in [3.8, 4) is 11.8 Å². The van der Waals surface area contributed by atoms with Crippen LogP contribution in [0.3, 0.4) is 0 Å². The Labute approximate surface area is 162 Å². The van der Waals surface area contributed by atoms with Crippen LogP contribution in [0, 0.1) is 30.4 Å². The molecule has 3 heterocycles. The highest BCUT2D eigenvalue weighted by molar-refractivity contribution is 5.61. The van der Waals surface area contributed by atoms with Crippen molar-refractivity contribution >= 4 is 5.69 Å². The number of aliphatic hydroxyl groups is 1. The lowest BCUT2D eigenvalue weighted by molar-refractivity contribution is 0.201. The van der Waals surface area contributed by atoms with Crippen molar-refractivity contribution in [1.82, 2.24) is 9.97 Å². The molecule has 0 unspecified atom stereocenters. The Morgan fingerprint density at radius 1 is 1.21 bits per heavy atom. The van der Waals surface area contributed by atoms with Gasteiger partial charge in [0.25, 0.3) is 0 Å². The van der Waals surface area contributed by atoms with Gasteiger partial charge in [0, 0.05) is 30.2 Å². The van der Waals surface area contributed by atoms with Gasteiger partial charge in [0.15, 0.2) is 5.82 Å². The molecule has 0 radical (unpaired) electrons. The average molecular weight is 383 g/mol. The summed E-state index contributed by atoms with van der Waals surface area (Å²) in [6.45, 7) is 4.13. The highest BCUT2D eigenvalue weighted by Gasteiger charge is 2.17. The quantitative estimate of drug-likeness (QED) is 0.822. The molecule has 144 valence electrons. The van der Waals surface area contributed by atoms with Gasteiger partial charge in [0.1, 0.15) is 36.2 Å². The zero-order valence-corrected chi connectivity index (χ0v) is 15.5. The summed E-state index contributed by atoms with van der Waals surface area (Å²) in [4.78, 5) is 10.0. The summed E-state index contributed by atoms with van der Waals surface area (Å²) in [5.74, 6) is 4.53. The van der Waals surface area contributed by atoms with E-state index in [1.54, 1.807) is 6.20 Å². The number of pyridine rings is 2. The number of aryl methyl sites for hydroxylation is 1. The van der Waals surface area contributed by atoms with Gasteiger partial charge in [-0.2, -0.15) is 0 Å². The van der Waals surface area contributed by atoms with Crippen LogP contribution in [0.15, 0.2) is 48.1 Å². The third kappa shape index (κ3) is 4.53. The number of aliphatic hydroxyl groups excluding tert-OH is 1. The number of halogens is 2. The SMILES string of the molecule is CC1=CC(OCc2ncc(F)cc2F)=CCN1c1cc(C#CCO)ncc1C. The lowest BCUT2D eigenvalue weighted by Crippen LogP contribution is -2.25. The van der Waals surface area contributed by atoms with Crippen LogP contribution < -0.4 is 4.90 Å². The van der Waals surface area contributed by atoms with Crippen molar-refractivity contribution in [3.63, 3.8) is 0 Å². The second kappa shape index (κ2) is 8.63. The summed E-state index contributed by atoms with van der Waals surface area (Å²) < 4.78 is 32.2. The number of ether oxygens (including phenoxy) is 1. The summed E-state index contributed by atoms with van der Waals surface area (Å²) >= 11 is 0. The fourth-order valence-electron chi connectivity index (χ4n) is 2.76.